The Hall–Kier alpha value is -3.20. The summed E-state index contributed by atoms with van der Waals surface area (Å²) in [5.74, 6) is -1.65. The van der Waals surface area contributed by atoms with Crippen LogP contribution in [0.4, 0.5) is 0 Å². The highest BCUT2D eigenvalue weighted by Crippen LogP contribution is 2.06. The van der Waals surface area contributed by atoms with E-state index in [-0.39, 0.29) is 18.0 Å². The van der Waals surface area contributed by atoms with E-state index in [0.717, 1.165) is 24.8 Å². The number of nitrogens with zero attached hydrogens (tertiary/aromatic N) is 1. The number of H-pyrrole nitrogens is 1. The third kappa shape index (κ3) is 7.04. The minimum Gasteiger partial charge on any atom is -0.459 e. The summed E-state index contributed by atoms with van der Waals surface area (Å²) >= 11 is 0. The molecule has 156 valence electrons. The van der Waals surface area contributed by atoms with Crippen molar-refractivity contribution in [1.82, 2.24) is 20.6 Å². The van der Waals surface area contributed by atoms with Crippen LogP contribution in [-0.2, 0) is 16.1 Å². The molecule has 0 bridgehead atoms. The van der Waals surface area contributed by atoms with Crippen molar-refractivity contribution in [3.63, 3.8) is 0 Å². The zero-order valence-corrected chi connectivity index (χ0v) is 16.4. The quantitative estimate of drug-likeness (QED) is 0.329. The Balaban J connectivity index is 1.84. The van der Waals surface area contributed by atoms with Gasteiger partial charge in [-0.15, -0.1) is 0 Å². The topological polar surface area (TPSA) is 139 Å². The minimum absolute atomic E-state index is 0.0474. The van der Waals surface area contributed by atoms with E-state index in [2.05, 4.69) is 20.6 Å². The number of ether oxygens (including phenoxy) is 1. The number of esters is 1. The van der Waals surface area contributed by atoms with Gasteiger partial charge in [0.2, 0.25) is 0 Å². The van der Waals surface area contributed by atoms with Gasteiger partial charge in [-0.25, -0.2) is 9.78 Å². The Labute approximate surface area is 169 Å². The number of rotatable bonds is 11. The Morgan fingerprint density at radius 2 is 1.90 bits per heavy atom. The molecule has 0 aliphatic heterocycles. The van der Waals surface area contributed by atoms with Crippen LogP contribution in [0.15, 0.2) is 36.7 Å². The number of unbranched alkanes of at least 4 members (excludes halogenated alkanes) is 2. The van der Waals surface area contributed by atoms with E-state index >= 15 is 0 Å². The lowest BCUT2D eigenvalue weighted by Crippen LogP contribution is -2.40. The Kier molecular flexibility index (Phi) is 8.84. The summed E-state index contributed by atoms with van der Waals surface area (Å²) in [6.07, 6.45) is 3.86. The highest BCUT2D eigenvalue weighted by molar-refractivity contribution is 6.05. The summed E-state index contributed by atoms with van der Waals surface area (Å²) in [5, 5.41) is 5.24. The standard InChI is InChI=1S/C20H27N5O4/c1-14(20(28)29-12-15-8-4-2-5-9-15)25-19(27)17-16(23-13-24-17)18(26)22-11-7-3-6-10-21/h2,4-5,8-9,13-14H,3,6-7,10-12,21H2,1H3,(H,22,26)(H,23,24)(H,25,27). The summed E-state index contributed by atoms with van der Waals surface area (Å²) in [4.78, 5) is 43.4. The molecular formula is C20H27N5O4. The van der Waals surface area contributed by atoms with Gasteiger partial charge < -0.3 is 26.1 Å². The van der Waals surface area contributed by atoms with E-state index in [4.69, 9.17) is 10.5 Å². The molecule has 0 radical (unpaired) electrons. The molecule has 9 nitrogen and oxygen atoms in total. The first kappa shape index (κ1) is 22.1. The number of carbonyl (C=O) groups is 3. The Morgan fingerprint density at radius 3 is 2.62 bits per heavy atom. The van der Waals surface area contributed by atoms with Gasteiger partial charge in [0.25, 0.3) is 11.8 Å². The van der Waals surface area contributed by atoms with Crippen LogP contribution in [0.5, 0.6) is 0 Å². The predicted octanol–water partition coefficient (Wildman–Crippen LogP) is 1.13. The fraction of sp³-hybridized carbons (Fsp3) is 0.400. The van der Waals surface area contributed by atoms with Gasteiger partial charge >= 0.3 is 5.97 Å². The van der Waals surface area contributed by atoms with E-state index in [1.165, 1.54) is 13.3 Å². The number of hydrogen-bond donors (Lipinski definition) is 4. The van der Waals surface area contributed by atoms with Gasteiger partial charge in [0.1, 0.15) is 18.3 Å². The molecule has 1 aromatic heterocycles. The highest BCUT2D eigenvalue weighted by atomic mass is 16.5. The molecule has 0 fully saturated rings. The summed E-state index contributed by atoms with van der Waals surface area (Å²) in [6, 6.07) is 8.33. The van der Waals surface area contributed by atoms with E-state index < -0.39 is 23.8 Å². The summed E-state index contributed by atoms with van der Waals surface area (Å²) in [7, 11) is 0. The van der Waals surface area contributed by atoms with E-state index in [0.29, 0.717) is 13.1 Å². The highest BCUT2D eigenvalue weighted by Gasteiger charge is 2.24. The summed E-state index contributed by atoms with van der Waals surface area (Å²) in [5.41, 5.74) is 6.25. The lowest BCUT2D eigenvalue weighted by Gasteiger charge is -2.13. The van der Waals surface area contributed by atoms with Gasteiger partial charge in [0.05, 0.1) is 6.33 Å². The fourth-order valence-electron chi connectivity index (χ4n) is 2.55. The smallest absolute Gasteiger partial charge is 0.328 e. The molecule has 2 rings (SSSR count). The van der Waals surface area contributed by atoms with Crippen LogP contribution < -0.4 is 16.4 Å². The second-order valence-corrected chi connectivity index (χ2v) is 6.52. The van der Waals surface area contributed by atoms with Crippen molar-refractivity contribution in [2.45, 2.75) is 38.8 Å². The number of amides is 2. The van der Waals surface area contributed by atoms with Crippen LogP contribution in [-0.4, -0.2) is 46.9 Å². The summed E-state index contributed by atoms with van der Waals surface area (Å²) < 4.78 is 5.20. The second-order valence-electron chi connectivity index (χ2n) is 6.52. The third-order valence-corrected chi connectivity index (χ3v) is 4.17. The molecule has 1 aromatic carbocycles. The van der Waals surface area contributed by atoms with E-state index in [9.17, 15) is 14.4 Å². The molecule has 1 heterocycles. The molecule has 0 aliphatic carbocycles. The maximum absolute atomic E-state index is 12.4. The third-order valence-electron chi connectivity index (χ3n) is 4.17. The van der Waals surface area contributed by atoms with Gasteiger partial charge in [0.15, 0.2) is 5.69 Å². The zero-order valence-electron chi connectivity index (χ0n) is 16.4. The first-order chi connectivity index (χ1) is 14.0. The van der Waals surface area contributed by atoms with Crippen molar-refractivity contribution in [1.29, 1.82) is 0 Å². The van der Waals surface area contributed by atoms with Crippen LogP contribution in [0.2, 0.25) is 0 Å². The number of aromatic amines is 1. The molecule has 9 heteroatoms. The van der Waals surface area contributed by atoms with Gasteiger partial charge in [0, 0.05) is 6.54 Å². The lowest BCUT2D eigenvalue weighted by molar-refractivity contribution is -0.146. The molecule has 5 N–H and O–H groups in total. The molecule has 0 saturated carbocycles. The maximum Gasteiger partial charge on any atom is 0.328 e. The van der Waals surface area contributed by atoms with Crippen molar-refractivity contribution in [2.24, 2.45) is 5.73 Å². The van der Waals surface area contributed by atoms with Crippen LogP contribution in [0.1, 0.15) is 52.7 Å². The van der Waals surface area contributed by atoms with Crippen molar-refractivity contribution < 1.29 is 19.1 Å². The van der Waals surface area contributed by atoms with Crippen LogP contribution in [0.3, 0.4) is 0 Å². The molecule has 0 spiro atoms. The minimum atomic E-state index is -0.893. The lowest BCUT2D eigenvalue weighted by atomic mass is 10.2. The molecule has 1 atom stereocenters. The first-order valence-corrected chi connectivity index (χ1v) is 9.56. The molecule has 2 amide bonds. The molecule has 1 unspecified atom stereocenters. The van der Waals surface area contributed by atoms with Crippen molar-refractivity contribution >= 4 is 17.8 Å². The van der Waals surface area contributed by atoms with E-state index in [1.54, 1.807) is 0 Å². The molecule has 0 aliphatic rings. The number of nitrogens with one attached hydrogen (secondary N) is 3. The van der Waals surface area contributed by atoms with Crippen molar-refractivity contribution in [3.05, 3.63) is 53.6 Å². The van der Waals surface area contributed by atoms with Gasteiger partial charge in [-0.05, 0) is 31.9 Å². The Morgan fingerprint density at radius 1 is 1.14 bits per heavy atom. The second kappa shape index (κ2) is 11.6. The molecule has 29 heavy (non-hydrogen) atoms. The number of benzene rings is 1. The van der Waals surface area contributed by atoms with E-state index in [1.807, 2.05) is 30.3 Å². The van der Waals surface area contributed by atoms with Gasteiger partial charge in [-0.1, -0.05) is 36.8 Å². The normalized spacial score (nSPS) is 11.5. The molecule has 2 aromatic rings. The number of hydrogen-bond acceptors (Lipinski definition) is 6. The number of nitrogens with two attached hydrogens (primary N) is 1. The molecular weight excluding hydrogens is 374 g/mol. The van der Waals surface area contributed by atoms with Crippen LogP contribution in [0.25, 0.3) is 0 Å². The largest absolute Gasteiger partial charge is 0.459 e. The maximum atomic E-state index is 12.4. The number of imidazole rings is 1. The summed E-state index contributed by atoms with van der Waals surface area (Å²) in [6.45, 7) is 2.71. The number of carbonyl (C=O) groups excluding carboxylic acids is 3. The fourth-order valence-corrected chi connectivity index (χ4v) is 2.55. The SMILES string of the molecule is CC(NC(=O)c1nc[nH]c1C(=O)NCCCCCN)C(=O)OCc1ccccc1. The van der Waals surface area contributed by atoms with Crippen LogP contribution >= 0.6 is 0 Å². The Bertz CT molecular complexity index is 806. The average molecular weight is 401 g/mol. The van der Waals surface area contributed by atoms with Crippen molar-refractivity contribution in [3.8, 4) is 0 Å². The number of aromatic nitrogens is 2. The first-order valence-electron chi connectivity index (χ1n) is 9.56. The monoisotopic (exact) mass is 401 g/mol. The van der Waals surface area contributed by atoms with Gasteiger partial charge in [-0.2, -0.15) is 0 Å². The average Bonchev–Trinajstić information content (AvgIpc) is 3.22. The predicted molar refractivity (Wildman–Crippen MR) is 107 cm³/mol. The van der Waals surface area contributed by atoms with Crippen LogP contribution in [0, 0.1) is 0 Å². The zero-order chi connectivity index (χ0) is 21.1. The van der Waals surface area contributed by atoms with Gasteiger partial charge in [-0.3, -0.25) is 9.59 Å². The van der Waals surface area contributed by atoms with Crippen molar-refractivity contribution in [2.75, 3.05) is 13.1 Å². The molecule has 0 saturated heterocycles.